The van der Waals surface area contributed by atoms with Crippen LogP contribution in [0.1, 0.15) is 38.9 Å². The number of H-pyrrole nitrogens is 1. The van der Waals surface area contributed by atoms with Crippen molar-refractivity contribution in [2.75, 3.05) is 16.8 Å². The molecular formula is C25H19N5O3. The molecule has 1 aromatic heterocycles. The number of hydrogen-bond acceptors (Lipinski definition) is 4. The fourth-order valence-corrected chi connectivity index (χ4v) is 4.66. The molecule has 33 heavy (non-hydrogen) atoms. The lowest BCUT2D eigenvalue weighted by molar-refractivity contribution is -0.116. The molecule has 3 heterocycles. The van der Waals surface area contributed by atoms with Gasteiger partial charge in [-0.2, -0.15) is 0 Å². The Balaban J connectivity index is 1.28. The third kappa shape index (κ3) is 2.99. The number of anilines is 2. The van der Waals surface area contributed by atoms with Gasteiger partial charge in [0.2, 0.25) is 5.91 Å². The highest BCUT2D eigenvalue weighted by Gasteiger charge is 2.47. The number of nitrogens with zero attached hydrogens (tertiary/aromatic N) is 3. The number of imidazole rings is 1. The summed E-state index contributed by atoms with van der Waals surface area (Å²) in [5.41, 5.74) is 4.70. The van der Waals surface area contributed by atoms with E-state index in [9.17, 15) is 14.4 Å². The summed E-state index contributed by atoms with van der Waals surface area (Å²) in [6.45, 7) is 0.175. The van der Waals surface area contributed by atoms with Crippen LogP contribution >= 0.6 is 0 Å². The lowest BCUT2D eigenvalue weighted by Crippen LogP contribution is -2.48. The number of amides is 3. The maximum Gasteiger partial charge on any atom is 0.260 e. The zero-order chi connectivity index (χ0) is 22.5. The second kappa shape index (κ2) is 7.30. The molecule has 6 rings (SSSR count). The van der Waals surface area contributed by atoms with Gasteiger partial charge >= 0.3 is 0 Å². The average Bonchev–Trinajstić information content (AvgIpc) is 3.42. The normalized spacial score (nSPS) is 16.5. The van der Waals surface area contributed by atoms with Crippen LogP contribution < -0.4 is 10.2 Å². The SMILES string of the molecule is O=C(CCN1C(=O)c2ccccc2N2C(=O)c3ccccc3[C@H]12)Nc1ccc2nc[nH]c2c1. The third-order valence-electron chi connectivity index (χ3n) is 6.17. The van der Waals surface area contributed by atoms with Crippen LogP contribution in [0.25, 0.3) is 11.0 Å². The van der Waals surface area contributed by atoms with Gasteiger partial charge in [0.15, 0.2) is 0 Å². The quantitative estimate of drug-likeness (QED) is 0.509. The van der Waals surface area contributed by atoms with Crippen molar-refractivity contribution in [3.05, 3.63) is 89.7 Å². The minimum absolute atomic E-state index is 0.0929. The van der Waals surface area contributed by atoms with Crippen LogP contribution in [0.4, 0.5) is 11.4 Å². The molecule has 0 spiro atoms. The number of nitrogens with one attached hydrogen (secondary N) is 2. The van der Waals surface area contributed by atoms with Gasteiger partial charge < -0.3 is 15.2 Å². The zero-order valence-electron chi connectivity index (χ0n) is 17.5. The first-order valence-electron chi connectivity index (χ1n) is 10.7. The number of carbonyl (C=O) groups excluding carboxylic acids is 3. The average molecular weight is 437 g/mol. The molecule has 8 heteroatoms. The highest BCUT2D eigenvalue weighted by molar-refractivity contribution is 6.16. The molecule has 8 nitrogen and oxygen atoms in total. The topological polar surface area (TPSA) is 98.4 Å². The minimum atomic E-state index is -0.565. The number of hydrogen-bond donors (Lipinski definition) is 2. The van der Waals surface area contributed by atoms with Crippen molar-refractivity contribution < 1.29 is 14.4 Å². The summed E-state index contributed by atoms with van der Waals surface area (Å²) in [6.07, 6.45) is 1.13. The second-order valence-electron chi connectivity index (χ2n) is 8.08. The number of rotatable bonds is 4. The number of para-hydroxylation sites is 1. The van der Waals surface area contributed by atoms with E-state index >= 15 is 0 Å². The molecule has 0 bridgehead atoms. The Morgan fingerprint density at radius 3 is 2.64 bits per heavy atom. The van der Waals surface area contributed by atoms with Crippen molar-refractivity contribution in [2.24, 2.45) is 0 Å². The number of fused-ring (bicyclic) bond motifs is 6. The largest absolute Gasteiger partial charge is 0.345 e. The van der Waals surface area contributed by atoms with Crippen LogP contribution in [0.15, 0.2) is 73.1 Å². The molecule has 1 atom stereocenters. The lowest BCUT2D eigenvalue weighted by Gasteiger charge is -2.40. The van der Waals surface area contributed by atoms with Crippen molar-refractivity contribution in [3.8, 4) is 0 Å². The molecule has 162 valence electrons. The van der Waals surface area contributed by atoms with Gasteiger partial charge in [-0.3, -0.25) is 19.3 Å². The van der Waals surface area contributed by atoms with Gasteiger partial charge in [0.25, 0.3) is 11.8 Å². The van der Waals surface area contributed by atoms with E-state index in [1.807, 2.05) is 36.4 Å². The Morgan fingerprint density at radius 1 is 0.970 bits per heavy atom. The summed E-state index contributed by atoms with van der Waals surface area (Å²) in [5.74, 6) is -0.550. The zero-order valence-corrected chi connectivity index (χ0v) is 17.5. The van der Waals surface area contributed by atoms with E-state index in [4.69, 9.17) is 0 Å². The number of aromatic nitrogens is 2. The lowest BCUT2D eigenvalue weighted by atomic mass is 10.0. The van der Waals surface area contributed by atoms with Gasteiger partial charge in [0, 0.05) is 29.8 Å². The molecular weight excluding hydrogens is 418 g/mol. The predicted molar refractivity (Wildman–Crippen MR) is 123 cm³/mol. The second-order valence-corrected chi connectivity index (χ2v) is 8.08. The fraction of sp³-hybridized carbons (Fsp3) is 0.120. The van der Waals surface area contributed by atoms with Gasteiger partial charge in [0.05, 0.1) is 28.6 Å². The summed E-state index contributed by atoms with van der Waals surface area (Å²) < 4.78 is 0. The van der Waals surface area contributed by atoms with Crippen molar-refractivity contribution >= 4 is 40.1 Å². The molecule has 0 unspecified atom stereocenters. The van der Waals surface area contributed by atoms with E-state index in [0.29, 0.717) is 22.5 Å². The van der Waals surface area contributed by atoms with Crippen LogP contribution in [0, 0.1) is 0 Å². The van der Waals surface area contributed by atoms with E-state index in [0.717, 1.165) is 16.6 Å². The van der Waals surface area contributed by atoms with Crippen LogP contribution in [-0.2, 0) is 4.79 Å². The van der Waals surface area contributed by atoms with Gasteiger partial charge in [-0.1, -0.05) is 30.3 Å². The van der Waals surface area contributed by atoms with Gasteiger partial charge in [0.1, 0.15) is 6.17 Å². The summed E-state index contributed by atoms with van der Waals surface area (Å²) >= 11 is 0. The van der Waals surface area contributed by atoms with Crippen molar-refractivity contribution in [1.82, 2.24) is 14.9 Å². The monoisotopic (exact) mass is 437 g/mol. The Labute approximate surface area is 188 Å². The highest BCUT2D eigenvalue weighted by atomic mass is 16.2. The van der Waals surface area contributed by atoms with E-state index < -0.39 is 6.17 Å². The molecule has 0 saturated carbocycles. The van der Waals surface area contributed by atoms with Crippen LogP contribution in [0.3, 0.4) is 0 Å². The van der Waals surface area contributed by atoms with E-state index in [1.165, 1.54) is 0 Å². The molecule has 2 aliphatic rings. The molecule has 3 aromatic carbocycles. The Morgan fingerprint density at radius 2 is 1.76 bits per heavy atom. The summed E-state index contributed by atoms with van der Waals surface area (Å²) in [7, 11) is 0. The minimum Gasteiger partial charge on any atom is -0.345 e. The van der Waals surface area contributed by atoms with Gasteiger partial charge in [-0.25, -0.2) is 4.98 Å². The molecule has 2 N–H and O–H groups in total. The third-order valence-corrected chi connectivity index (χ3v) is 6.17. The first-order chi connectivity index (χ1) is 16.1. The van der Waals surface area contributed by atoms with Crippen molar-refractivity contribution in [1.29, 1.82) is 0 Å². The van der Waals surface area contributed by atoms with Crippen LogP contribution in [-0.4, -0.2) is 39.1 Å². The predicted octanol–water partition coefficient (Wildman–Crippen LogP) is 3.71. The first kappa shape index (κ1) is 19.2. The molecule has 0 saturated heterocycles. The first-order valence-corrected chi connectivity index (χ1v) is 10.7. The maximum absolute atomic E-state index is 13.4. The smallest absolute Gasteiger partial charge is 0.260 e. The van der Waals surface area contributed by atoms with Crippen molar-refractivity contribution in [2.45, 2.75) is 12.6 Å². The van der Waals surface area contributed by atoms with Gasteiger partial charge in [-0.15, -0.1) is 0 Å². The number of aromatic amines is 1. The molecule has 4 aromatic rings. The van der Waals surface area contributed by atoms with Crippen LogP contribution in [0.5, 0.6) is 0 Å². The van der Waals surface area contributed by atoms with Gasteiger partial charge in [-0.05, 0) is 36.4 Å². The summed E-state index contributed by atoms with van der Waals surface area (Å²) in [5, 5.41) is 2.88. The highest BCUT2D eigenvalue weighted by Crippen LogP contribution is 2.45. The maximum atomic E-state index is 13.4. The van der Waals surface area contributed by atoms with E-state index in [-0.39, 0.29) is 30.7 Å². The summed E-state index contributed by atoms with van der Waals surface area (Å²) in [6, 6.07) is 19.9. The molecule has 2 aliphatic heterocycles. The fourth-order valence-electron chi connectivity index (χ4n) is 4.66. The number of benzene rings is 3. The molecule has 3 amide bonds. The molecule has 0 aliphatic carbocycles. The Hall–Kier alpha value is -4.46. The molecule has 0 fully saturated rings. The Kier molecular flexibility index (Phi) is 4.26. The van der Waals surface area contributed by atoms with Crippen LogP contribution in [0.2, 0.25) is 0 Å². The van der Waals surface area contributed by atoms with E-state index in [1.54, 1.807) is 46.5 Å². The Bertz CT molecular complexity index is 1440. The van der Waals surface area contributed by atoms with E-state index in [2.05, 4.69) is 15.3 Å². The number of carbonyl (C=O) groups is 3. The van der Waals surface area contributed by atoms with Crippen molar-refractivity contribution in [3.63, 3.8) is 0 Å². The molecule has 0 radical (unpaired) electrons. The standard InChI is InChI=1S/C25H19N5O3/c31-22(28-15-9-10-19-20(13-15)27-14-26-19)11-12-29-23-16-5-1-2-6-17(16)25(33)30(23)21-8-4-3-7-18(21)24(29)32/h1-10,13-14,23H,11-12H2,(H,26,27)(H,28,31)/t23-/m1/s1. The summed E-state index contributed by atoms with van der Waals surface area (Å²) in [4.78, 5) is 49.8.